The Balaban J connectivity index is 2.26. The summed E-state index contributed by atoms with van der Waals surface area (Å²) < 4.78 is 37.9. The van der Waals surface area contributed by atoms with Gasteiger partial charge < -0.3 is 9.67 Å². The van der Waals surface area contributed by atoms with Crippen molar-refractivity contribution in [1.29, 1.82) is 0 Å². The highest BCUT2D eigenvalue weighted by Crippen LogP contribution is 2.37. The third kappa shape index (κ3) is 2.28. The van der Waals surface area contributed by atoms with Crippen LogP contribution in [0.25, 0.3) is 0 Å². The first-order chi connectivity index (χ1) is 7.01. The second-order valence-corrected chi connectivity index (χ2v) is 3.58. The summed E-state index contributed by atoms with van der Waals surface area (Å²) in [5, 5.41) is 15.9. The molecular weight excluding hydrogens is 211 g/mol. The number of rotatable bonds is 3. The zero-order chi connectivity index (χ0) is 11.1. The molecule has 1 aliphatic rings. The van der Waals surface area contributed by atoms with Crippen LogP contribution in [-0.2, 0) is 13.0 Å². The van der Waals surface area contributed by atoms with Gasteiger partial charge in [-0.15, -0.1) is 10.2 Å². The van der Waals surface area contributed by atoms with Crippen LogP contribution in [0.5, 0.6) is 0 Å². The molecule has 0 saturated heterocycles. The van der Waals surface area contributed by atoms with E-state index in [1.54, 1.807) is 0 Å². The predicted octanol–water partition coefficient (Wildman–Crippen LogP) is 1.21. The van der Waals surface area contributed by atoms with Gasteiger partial charge >= 0.3 is 6.18 Å². The Bertz CT molecular complexity index is 357. The van der Waals surface area contributed by atoms with Crippen LogP contribution >= 0.6 is 0 Å². The largest absolute Gasteiger partial charge is 0.396 e. The molecule has 1 aromatic rings. The maximum absolute atomic E-state index is 12.2. The van der Waals surface area contributed by atoms with E-state index in [0.29, 0.717) is 0 Å². The van der Waals surface area contributed by atoms with Crippen LogP contribution in [0.3, 0.4) is 0 Å². The van der Waals surface area contributed by atoms with Crippen LogP contribution in [0, 0.1) is 0 Å². The Labute approximate surface area is 83.7 Å². The molecule has 1 saturated carbocycles. The van der Waals surface area contributed by atoms with Crippen molar-refractivity contribution in [3.8, 4) is 0 Å². The van der Waals surface area contributed by atoms with Crippen LogP contribution in [0.4, 0.5) is 13.2 Å². The lowest BCUT2D eigenvalue weighted by atomic mass is 10.4. The van der Waals surface area contributed by atoms with Crippen LogP contribution in [-0.4, -0.2) is 26.0 Å². The summed E-state index contributed by atoms with van der Waals surface area (Å²) in [4.78, 5) is 0. The summed E-state index contributed by atoms with van der Waals surface area (Å²) in [6.07, 6.45) is -3.71. The SMILES string of the molecule is OCc1nnc(CC(F)(F)F)n1C1CC1. The summed E-state index contributed by atoms with van der Waals surface area (Å²) in [6, 6.07) is 0.0412. The fourth-order valence-corrected chi connectivity index (χ4v) is 1.52. The normalized spacial score (nSPS) is 17.1. The van der Waals surface area contributed by atoms with E-state index in [-0.39, 0.29) is 24.3 Å². The minimum Gasteiger partial charge on any atom is -0.388 e. The van der Waals surface area contributed by atoms with E-state index in [0.717, 1.165) is 12.8 Å². The maximum atomic E-state index is 12.2. The molecule has 0 spiro atoms. The molecule has 15 heavy (non-hydrogen) atoms. The summed E-state index contributed by atoms with van der Waals surface area (Å²) in [7, 11) is 0. The standard InChI is InChI=1S/C8H10F3N3O/c9-8(10,11)3-6-12-13-7(4-15)14(6)5-1-2-5/h5,15H,1-4H2. The average molecular weight is 221 g/mol. The van der Waals surface area contributed by atoms with Gasteiger partial charge in [0.2, 0.25) is 0 Å². The van der Waals surface area contributed by atoms with Crippen LogP contribution in [0.1, 0.15) is 30.5 Å². The first-order valence-electron chi connectivity index (χ1n) is 4.61. The summed E-state index contributed by atoms with van der Waals surface area (Å²) in [5.41, 5.74) is 0. The number of aliphatic hydroxyl groups excluding tert-OH is 1. The molecule has 4 nitrogen and oxygen atoms in total. The van der Waals surface area contributed by atoms with Crippen LogP contribution in [0.2, 0.25) is 0 Å². The van der Waals surface area contributed by atoms with E-state index >= 15 is 0 Å². The molecule has 2 rings (SSSR count). The lowest BCUT2D eigenvalue weighted by molar-refractivity contribution is -0.129. The monoisotopic (exact) mass is 221 g/mol. The Morgan fingerprint density at radius 3 is 2.33 bits per heavy atom. The lowest BCUT2D eigenvalue weighted by Crippen LogP contribution is -2.16. The lowest BCUT2D eigenvalue weighted by Gasteiger charge is -2.09. The molecule has 1 aromatic heterocycles. The second kappa shape index (κ2) is 3.48. The number of alkyl halides is 3. The number of aliphatic hydroxyl groups is 1. The van der Waals surface area contributed by atoms with Crippen molar-refractivity contribution in [2.24, 2.45) is 0 Å². The van der Waals surface area contributed by atoms with Gasteiger partial charge in [0, 0.05) is 6.04 Å². The van der Waals surface area contributed by atoms with Gasteiger partial charge in [0.15, 0.2) is 5.82 Å². The van der Waals surface area contributed by atoms with Gasteiger partial charge in [-0.3, -0.25) is 0 Å². The van der Waals surface area contributed by atoms with Gasteiger partial charge in [-0.25, -0.2) is 0 Å². The fraction of sp³-hybridized carbons (Fsp3) is 0.750. The topological polar surface area (TPSA) is 50.9 Å². The van der Waals surface area contributed by atoms with E-state index in [1.807, 2.05) is 0 Å². The van der Waals surface area contributed by atoms with Crippen molar-refractivity contribution >= 4 is 0 Å². The Morgan fingerprint density at radius 1 is 1.27 bits per heavy atom. The molecule has 84 valence electrons. The van der Waals surface area contributed by atoms with E-state index in [1.165, 1.54) is 4.57 Å². The van der Waals surface area contributed by atoms with E-state index in [9.17, 15) is 13.2 Å². The molecule has 1 heterocycles. The Kier molecular flexibility index (Phi) is 2.41. The van der Waals surface area contributed by atoms with Gasteiger partial charge in [0.05, 0.1) is 0 Å². The highest BCUT2D eigenvalue weighted by Gasteiger charge is 2.35. The molecule has 0 aromatic carbocycles. The number of hydrogen-bond acceptors (Lipinski definition) is 3. The highest BCUT2D eigenvalue weighted by atomic mass is 19.4. The zero-order valence-corrected chi connectivity index (χ0v) is 7.83. The van der Waals surface area contributed by atoms with E-state index in [4.69, 9.17) is 5.11 Å². The molecule has 0 radical (unpaired) electrons. The van der Waals surface area contributed by atoms with Crippen molar-refractivity contribution in [2.45, 2.75) is 38.1 Å². The second-order valence-electron chi connectivity index (χ2n) is 3.58. The fourth-order valence-electron chi connectivity index (χ4n) is 1.52. The molecule has 1 aliphatic carbocycles. The maximum Gasteiger partial charge on any atom is 0.396 e. The predicted molar refractivity (Wildman–Crippen MR) is 44.0 cm³/mol. The number of hydrogen-bond donors (Lipinski definition) is 1. The number of halogens is 3. The number of nitrogens with zero attached hydrogens (tertiary/aromatic N) is 3. The Morgan fingerprint density at radius 2 is 1.87 bits per heavy atom. The third-order valence-corrected chi connectivity index (χ3v) is 2.25. The van der Waals surface area contributed by atoms with Crippen molar-refractivity contribution < 1.29 is 18.3 Å². The molecule has 0 amide bonds. The molecule has 0 bridgehead atoms. The van der Waals surface area contributed by atoms with Crippen molar-refractivity contribution in [3.05, 3.63) is 11.6 Å². The molecule has 1 fully saturated rings. The van der Waals surface area contributed by atoms with Crippen LogP contribution in [0.15, 0.2) is 0 Å². The summed E-state index contributed by atoms with van der Waals surface area (Å²) >= 11 is 0. The van der Waals surface area contributed by atoms with Crippen molar-refractivity contribution in [1.82, 2.24) is 14.8 Å². The Hall–Kier alpha value is -1.11. The van der Waals surface area contributed by atoms with Gasteiger partial charge in [0.25, 0.3) is 0 Å². The van der Waals surface area contributed by atoms with Crippen LogP contribution < -0.4 is 0 Å². The van der Waals surface area contributed by atoms with Gasteiger partial charge in [-0.05, 0) is 12.8 Å². The average Bonchev–Trinajstić information content (AvgIpc) is 2.87. The molecular formula is C8H10F3N3O. The van der Waals surface area contributed by atoms with E-state index in [2.05, 4.69) is 10.2 Å². The smallest absolute Gasteiger partial charge is 0.388 e. The molecule has 0 aliphatic heterocycles. The first-order valence-corrected chi connectivity index (χ1v) is 4.61. The van der Waals surface area contributed by atoms with E-state index < -0.39 is 12.6 Å². The minimum atomic E-state index is -4.29. The highest BCUT2D eigenvalue weighted by molar-refractivity contribution is 5.03. The summed E-state index contributed by atoms with van der Waals surface area (Å²) in [5.74, 6) is 0.116. The third-order valence-electron chi connectivity index (χ3n) is 2.25. The first kappa shape index (κ1) is 10.4. The van der Waals surface area contributed by atoms with Gasteiger partial charge in [-0.1, -0.05) is 0 Å². The number of aromatic nitrogens is 3. The zero-order valence-electron chi connectivity index (χ0n) is 7.83. The quantitative estimate of drug-likeness (QED) is 0.834. The van der Waals surface area contributed by atoms with Crippen molar-refractivity contribution in [2.75, 3.05) is 0 Å². The van der Waals surface area contributed by atoms with Crippen molar-refractivity contribution in [3.63, 3.8) is 0 Å². The summed E-state index contributed by atoms with van der Waals surface area (Å²) in [6.45, 7) is -0.374. The molecule has 7 heteroatoms. The van der Waals surface area contributed by atoms with Gasteiger partial charge in [-0.2, -0.15) is 13.2 Å². The molecule has 0 unspecified atom stereocenters. The minimum absolute atomic E-state index is 0.0412. The molecule has 0 atom stereocenters. The van der Waals surface area contributed by atoms with Gasteiger partial charge in [0.1, 0.15) is 18.9 Å². The molecule has 1 N–H and O–H groups in total.